The second-order valence-electron chi connectivity index (χ2n) is 7.27. The molecule has 0 bridgehead atoms. The topological polar surface area (TPSA) is 40.1 Å². The van der Waals surface area contributed by atoms with Crippen LogP contribution in [0.1, 0.15) is 54.4 Å². The summed E-state index contributed by atoms with van der Waals surface area (Å²) in [6, 6.07) is 1.19. The highest BCUT2D eigenvalue weighted by atomic mass is 127. The molecule has 0 spiro atoms. The third-order valence-corrected chi connectivity index (χ3v) is 4.64. The first-order valence-electron chi connectivity index (χ1n) is 9.86. The van der Waals surface area contributed by atoms with Gasteiger partial charge in [0.1, 0.15) is 0 Å². The lowest BCUT2D eigenvalue weighted by molar-refractivity contribution is 0.114. The van der Waals surface area contributed by atoms with E-state index >= 15 is 0 Å². The Balaban J connectivity index is 0.00000576. The molecule has 0 amide bonds. The Kier molecular flexibility index (Phi) is 14.0. The summed E-state index contributed by atoms with van der Waals surface area (Å²) < 4.78 is 5.58. The van der Waals surface area contributed by atoms with Crippen molar-refractivity contribution in [2.75, 3.05) is 45.9 Å². The van der Waals surface area contributed by atoms with Gasteiger partial charge in [0.15, 0.2) is 5.96 Å². The van der Waals surface area contributed by atoms with Crippen LogP contribution in [0.4, 0.5) is 0 Å². The van der Waals surface area contributed by atoms with Crippen LogP contribution in [-0.2, 0) is 4.74 Å². The number of ether oxygens (including phenoxy) is 1. The fraction of sp³-hybridized carbons (Fsp3) is 0.947. The molecule has 1 fully saturated rings. The zero-order chi connectivity index (χ0) is 17.9. The van der Waals surface area contributed by atoms with Crippen molar-refractivity contribution in [3.63, 3.8) is 0 Å². The molecule has 150 valence electrons. The summed E-state index contributed by atoms with van der Waals surface area (Å²) in [5, 5.41) is 3.46. The predicted molar refractivity (Wildman–Crippen MR) is 119 cm³/mol. The first-order chi connectivity index (χ1) is 11.5. The number of nitrogens with zero attached hydrogens (tertiary/aromatic N) is 3. The number of rotatable bonds is 10. The van der Waals surface area contributed by atoms with E-state index in [1.165, 1.54) is 6.42 Å². The summed E-state index contributed by atoms with van der Waals surface area (Å²) in [7, 11) is 0. The van der Waals surface area contributed by atoms with E-state index in [9.17, 15) is 0 Å². The Morgan fingerprint density at radius 2 is 1.92 bits per heavy atom. The molecule has 1 unspecified atom stereocenters. The summed E-state index contributed by atoms with van der Waals surface area (Å²) in [4.78, 5) is 9.80. The second kappa shape index (κ2) is 14.0. The lowest BCUT2D eigenvalue weighted by Gasteiger charge is -2.30. The van der Waals surface area contributed by atoms with E-state index in [-0.39, 0.29) is 24.0 Å². The van der Waals surface area contributed by atoms with Crippen molar-refractivity contribution in [3.05, 3.63) is 0 Å². The molecule has 1 rings (SSSR count). The van der Waals surface area contributed by atoms with Crippen LogP contribution in [0.15, 0.2) is 4.99 Å². The standard InChI is InChI=1S/C19H40N4O.HI/c1-7-20-19(22-13-10-18(14-22)15-24-8-2)21-11-9-12-23(16(3)4)17(5)6;/h16-18H,7-15H2,1-6H3,(H,20,21);1H. The van der Waals surface area contributed by atoms with Crippen molar-refractivity contribution < 1.29 is 4.74 Å². The number of hydrogen-bond acceptors (Lipinski definition) is 3. The zero-order valence-electron chi connectivity index (χ0n) is 17.3. The molecule has 1 saturated heterocycles. The molecule has 0 aliphatic carbocycles. The van der Waals surface area contributed by atoms with Gasteiger partial charge in [-0.25, -0.2) is 0 Å². The predicted octanol–water partition coefficient (Wildman–Crippen LogP) is 3.44. The van der Waals surface area contributed by atoms with Gasteiger partial charge < -0.3 is 15.0 Å². The number of nitrogens with one attached hydrogen (secondary N) is 1. The van der Waals surface area contributed by atoms with Gasteiger partial charge in [0.25, 0.3) is 0 Å². The lowest BCUT2D eigenvalue weighted by atomic mass is 10.1. The highest BCUT2D eigenvalue weighted by Crippen LogP contribution is 2.16. The van der Waals surface area contributed by atoms with Crippen molar-refractivity contribution in [1.82, 2.24) is 15.1 Å². The fourth-order valence-electron chi connectivity index (χ4n) is 3.42. The lowest BCUT2D eigenvalue weighted by Crippen LogP contribution is -2.41. The van der Waals surface area contributed by atoms with Crippen LogP contribution in [0.3, 0.4) is 0 Å². The molecular formula is C19H41IN4O. The summed E-state index contributed by atoms with van der Waals surface area (Å²) in [6.07, 6.45) is 2.32. The smallest absolute Gasteiger partial charge is 0.193 e. The van der Waals surface area contributed by atoms with Crippen molar-refractivity contribution in [2.24, 2.45) is 10.9 Å². The molecule has 0 aromatic heterocycles. The Morgan fingerprint density at radius 1 is 1.24 bits per heavy atom. The van der Waals surface area contributed by atoms with Crippen LogP contribution in [0, 0.1) is 5.92 Å². The first kappa shape index (κ1) is 24.9. The van der Waals surface area contributed by atoms with E-state index < -0.39 is 0 Å². The van der Waals surface area contributed by atoms with Gasteiger partial charge in [-0.15, -0.1) is 24.0 Å². The highest BCUT2D eigenvalue weighted by Gasteiger charge is 2.24. The van der Waals surface area contributed by atoms with Crippen molar-refractivity contribution in [1.29, 1.82) is 0 Å². The zero-order valence-corrected chi connectivity index (χ0v) is 19.6. The number of aliphatic imine (C=N–C) groups is 1. The van der Waals surface area contributed by atoms with Crippen LogP contribution in [0.2, 0.25) is 0 Å². The Hall–Kier alpha value is -0.0800. The van der Waals surface area contributed by atoms with E-state index in [1.807, 2.05) is 0 Å². The first-order valence-corrected chi connectivity index (χ1v) is 9.86. The quantitative estimate of drug-likeness (QED) is 0.231. The Morgan fingerprint density at radius 3 is 2.48 bits per heavy atom. The summed E-state index contributed by atoms with van der Waals surface area (Å²) >= 11 is 0. The molecular weight excluding hydrogens is 427 g/mol. The van der Waals surface area contributed by atoms with Crippen LogP contribution in [0.5, 0.6) is 0 Å². The molecule has 1 heterocycles. The molecule has 1 aliphatic rings. The molecule has 0 radical (unpaired) electrons. The van der Waals surface area contributed by atoms with E-state index in [4.69, 9.17) is 9.73 Å². The van der Waals surface area contributed by atoms with E-state index in [1.54, 1.807) is 0 Å². The van der Waals surface area contributed by atoms with Crippen LogP contribution in [0.25, 0.3) is 0 Å². The number of hydrogen-bond donors (Lipinski definition) is 1. The van der Waals surface area contributed by atoms with Crippen molar-refractivity contribution in [3.8, 4) is 0 Å². The molecule has 25 heavy (non-hydrogen) atoms. The summed E-state index contributed by atoms with van der Waals surface area (Å²) in [5.74, 6) is 1.73. The van der Waals surface area contributed by atoms with Crippen LogP contribution >= 0.6 is 24.0 Å². The molecule has 0 aromatic rings. The summed E-state index contributed by atoms with van der Waals surface area (Å²) in [5.41, 5.74) is 0. The van der Waals surface area contributed by atoms with Crippen molar-refractivity contribution in [2.45, 2.75) is 66.5 Å². The minimum Gasteiger partial charge on any atom is -0.381 e. The largest absolute Gasteiger partial charge is 0.381 e. The van der Waals surface area contributed by atoms with Gasteiger partial charge in [-0.2, -0.15) is 0 Å². The molecule has 1 atom stereocenters. The number of likely N-dealkylation sites (tertiary alicyclic amines) is 1. The maximum Gasteiger partial charge on any atom is 0.193 e. The number of guanidine groups is 1. The van der Waals surface area contributed by atoms with E-state index in [2.05, 4.69) is 56.7 Å². The van der Waals surface area contributed by atoms with Gasteiger partial charge in [0.2, 0.25) is 0 Å². The highest BCUT2D eigenvalue weighted by molar-refractivity contribution is 14.0. The van der Waals surface area contributed by atoms with Crippen LogP contribution < -0.4 is 5.32 Å². The maximum atomic E-state index is 5.58. The minimum atomic E-state index is 0. The van der Waals surface area contributed by atoms with E-state index in [0.717, 1.165) is 58.3 Å². The van der Waals surface area contributed by atoms with Gasteiger partial charge in [-0.1, -0.05) is 0 Å². The average Bonchev–Trinajstić information content (AvgIpc) is 2.99. The summed E-state index contributed by atoms with van der Waals surface area (Å²) in [6.45, 7) is 20.1. The average molecular weight is 468 g/mol. The van der Waals surface area contributed by atoms with Gasteiger partial charge in [-0.05, 0) is 54.4 Å². The van der Waals surface area contributed by atoms with Crippen molar-refractivity contribution >= 4 is 29.9 Å². The molecule has 1 N–H and O–H groups in total. The molecule has 1 aliphatic heterocycles. The minimum absolute atomic E-state index is 0. The second-order valence-corrected chi connectivity index (χ2v) is 7.27. The van der Waals surface area contributed by atoms with Gasteiger partial charge in [0, 0.05) is 57.3 Å². The number of halogens is 1. The van der Waals surface area contributed by atoms with E-state index in [0.29, 0.717) is 18.0 Å². The SMILES string of the molecule is CCNC(=NCCCN(C(C)C)C(C)C)N1CCC(COCC)C1.I. The normalized spacial score (nSPS) is 18.4. The molecule has 6 heteroatoms. The monoisotopic (exact) mass is 468 g/mol. The third kappa shape index (κ3) is 9.43. The fourth-order valence-corrected chi connectivity index (χ4v) is 3.42. The maximum absolute atomic E-state index is 5.58. The van der Waals surface area contributed by atoms with Gasteiger partial charge >= 0.3 is 0 Å². The van der Waals surface area contributed by atoms with Crippen LogP contribution in [-0.4, -0.2) is 73.8 Å². The Bertz CT molecular complexity index is 355. The third-order valence-electron chi connectivity index (χ3n) is 4.64. The Labute approximate surface area is 173 Å². The molecule has 5 nitrogen and oxygen atoms in total. The van der Waals surface area contributed by atoms with Gasteiger partial charge in [-0.3, -0.25) is 9.89 Å². The molecule has 0 saturated carbocycles. The van der Waals surface area contributed by atoms with Gasteiger partial charge in [0.05, 0.1) is 6.61 Å². The molecule has 0 aromatic carbocycles.